The van der Waals surface area contributed by atoms with Crippen LogP contribution in [0.3, 0.4) is 0 Å². The minimum atomic E-state index is 0.722. The molecule has 0 aliphatic rings. The Labute approximate surface area is 90.3 Å². The van der Waals surface area contributed by atoms with Gasteiger partial charge in [-0.2, -0.15) is 5.21 Å². The summed E-state index contributed by atoms with van der Waals surface area (Å²) >= 11 is 0. The third-order valence-corrected chi connectivity index (χ3v) is 2.42. The lowest BCUT2D eigenvalue weighted by atomic mass is 10.1. The Morgan fingerprint density at radius 3 is 2.94 bits per heavy atom. The second-order valence-corrected chi connectivity index (χ2v) is 3.49. The van der Waals surface area contributed by atoms with Crippen molar-refractivity contribution in [3.8, 4) is 0 Å². The quantitative estimate of drug-likeness (QED) is 0.653. The average Bonchev–Trinajstić information content (AvgIpc) is 2.97. The van der Waals surface area contributed by atoms with Crippen molar-refractivity contribution >= 4 is 11.0 Å². The van der Waals surface area contributed by atoms with Gasteiger partial charge in [-0.1, -0.05) is 16.5 Å². The molecule has 1 aromatic carbocycles. The van der Waals surface area contributed by atoms with Gasteiger partial charge in [0.1, 0.15) is 5.52 Å². The molecule has 0 spiro atoms. The number of rotatable bonds is 3. The first-order valence-electron chi connectivity index (χ1n) is 4.94. The molecule has 0 bridgehead atoms. The summed E-state index contributed by atoms with van der Waals surface area (Å²) in [5, 5.41) is 24.3. The summed E-state index contributed by atoms with van der Waals surface area (Å²) in [5.41, 5.74) is 3.01. The number of nitrogens with zero attached hydrogens (tertiary/aromatic N) is 5. The summed E-state index contributed by atoms with van der Waals surface area (Å²) in [5.74, 6) is 0.722. The fourth-order valence-electron chi connectivity index (χ4n) is 1.59. The summed E-state index contributed by atoms with van der Waals surface area (Å²) in [4.78, 5) is 0. The van der Waals surface area contributed by atoms with Gasteiger partial charge < -0.3 is 0 Å². The average molecular weight is 215 g/mol. The first-order valence-corrected chi connectivity index (χ1v) is 4.94. The highest BCUT2D eigenvalue weighted by atomic mass is 15.5. The van der Waals surface area contributed by atoms with Crippen LogP contribution in [0.15, 0.2) is 18.2 Å². The second-order valence-electron chi connectivity index (χ2n) is 3.49. The Kier molecular flexibility index (Phi) is 2.06. The smallest absolute Gasteiger partial charge is 0.174 e. The van der Waals surface area contributed by atoms with Crippen LogP contribution in [-0.4, -0.2) is 36.0 Å². The maximum atomic E-state index is 3.97. The van der Waals surface area contributed by atoms with Crippen LogP contribution in [0.25, 0.3) is 11.0 Å². The fraction of sp³-hybridized carbons (Fsp3) is 0.222. The molecule has 0 atom stereocenters. The zero-order valence-electron chi connectivity index (χ0n) is 8.38. The number of hydrogen-bond donors (Lipinski definition) is 2. The van der Waals surface area contributed by atoms with E-state index in [2.05, 4.69) is 36.0 Å². The van der Waals surface area contributed by atoms with Crippen molar-refractivity contribution in [2.75, 3.05) is 0 Å². The Bertz CT molecular complexity index is 583. The SMILES string of the molecule is c1cc2[nH]nnc2cc1CCc1nn[nH]n1. The molecule has 0 radical (unpaired) electrons. The molecule has 0 saturated heterocycles. The molecule has 3 rings (SSSR count). The van der Waals surface area contributed by atoms with E-state index in [0.717, 1.165) is 29.7 Å². The summed E-state index contributed by atoms with van der Waals surface area (Å²) in [6, 6.07) is 6.03. The summed E-state index contributed by atoms with van der Waals surface area (Å²) < 4.78 is 0. The maximum absolute atomic E-state index is 3.97. The van der Waals surface area contributed by atoms with E-state index in [1.54, 1.807) is 0 Å². The van der Waals surface area contributed by atoms with E-state index in [0.29, 0.717) is 0 Å². The number of aromatic amines is 2. The standard InChI is InChI=1S/C9H9N7/c1-3-7-8(11-14-10-7)5-6(1)2-4-9-12-15-16-13-9/h1,3,5H,2,4H2,(H,10,11,14)(H,12,13,15,16). The molecule has 0 saturated carbocycles. The Hall–Kier alpha value is -2.31. The van der Waals surface area contributed by atoms with Crippen molar-refractivity contribution in [2.45, 2.75) is 12.8 Å². The van der Waals surface area contributed by atoms with Gasteiger partial charge in [0.05, 0.1) is 5.52 Å². The molecule has 16 heavy (non-hydrogen) atoms. The molecule has 0 amide bonds. The van der Waals surface area contributed by atoms with Gasteiger partial charge in [-0.25, -0.2) is 0 Å². The highest BCUT2D eigenvalue weighted by Crippen LogP contribution is 2.11. The monoisotopic (exact) mass is 215 g/mol. The van der Waals surface area contributed by atoms with E-state index in [4.69, 9.17) is 0 Å². The lowest BCUT2D eigenvalue weighted by Crippen LogP contribution is -1.93. The van der Waals surface area contributed by atoms with E-state index >= 15 is 0 Å². The van der Waals surface area contributed by atoms with Gasteiger partial charge in [0.25, 0.3) is 0 Å². The number of benzene rings is 1. The lowest BCUT2D eigenvalue weighted by molar-refractivity contribution is 0.865. The molecule has 0 aliphatic carbocycles. The Morgan fingerprint density at radius 2 is 2.06 bits per heavy atom. The molecule has 0 unspecified atom stereocenters. The summed E-state index contributed by atoms with van der Waals surface area (Å²) in [6.07, 6.45) is 1.63. The van der Waals surface area contributed by atoms with Crippen LogP contribution in [0.5, 0.6) is 0 Å². The number of fused-ring (bicyclic) bond motifs is 1. The van der Waals surface area contributed by atoms with E-state index < -0.39 is 0 Å². The largest absolute Gasteiger partial charge is 0.258 e. The second kappa shape index (κ2) is 3.69. The van der Waals surface area contributed by atoms with Gasteiger partial charge in [-0.05, 0) is 24.1 Å². The number of H-pyrrole nitrogens is 2. The maximum Gasteiger partial charge on any atom is 0.174 e. The van der Waals surface area contributed by atoms with Gasteiger partial charge in [-0.15, -0.1) is 15.3 Å². The molecule has 2 N–H and O–H groups in total. The first kappa shape index (κ1) is 8.96. The molecule has 7 heteroatoms. The molecule has 0 aliphatic heterocycles. The number of hydrogen-bond acceptors (Lipinski definition) is 5. The van der Waals surface area contributed by atoms with E-state index in [9.17, 15) is 0 Å². The minimum absolute atomic E-state index is 0.722. The molecule has 2 heterocycles. The molecule has 80 valence electrons. The third kappa shape index (κ3) is 1.62. The van der Waals surface area contributed by atoms with E-state index in [1.807, 2.05) is 18.2 Å². The predicted molar refractivity (Wildman–Crippen MR) is 55.5 cm³/mol. The number of aromatic nitrogens is 7. The van der Waals surface area contributed by atoms with Crippen LogP contribution in [0, 0.1) is 0 Å². The molecular weight excluding hydrogens is 206 g/mol. The van der Waals surface area contributed by atoms with Crippen LogP contribution in [-0.2, 0) is 12.8 Å². The first-order chi connectivity index (χ1) is 7.92. The third-order valence-electron chi connectivity index (χ3n) is 2.42. The number of aryl methyl sites for hydroxylation is 2. The summed E-state index contributed by atoms with van der Waals surface area (Å²) in [6.45, 7) is 0. The van der Waals surface area contributed by atoms with Gasteiger partial charge in [0, 0.05) is 6.42 Å². The van der Waals surface area contributed by atoms with Crippen molar-refractivity contribution in [1.82, 2.24) is 36.0 Å². The van der Waals surface area contributed by atoms with Crippen molar-refractivity contribution in [2.24, 2.45) is 0 Å². The Morgan fingerprint density at radius 1 is 1.06 bits per heavy atom. The zero-order valence-corrected chi connectivity index (χ0v) is 8.38. The van der Waals surface area contributed by atoms with E-state index in [-0.39, 0.29) is 0 Å². The van der Waals surface area contributed by atoms with Crippen LogP contribution >= 0.6 is 0 Å². The van der Waals surface area contributed by atoms with Crippen molar-refractivity contribution in [3.05, 3.63) is 29.6 Å². The van der Waals surface area contributed by atoms with Crippen LogP contribution in [0.2, 0.25) is 0 Å². The number of nitrogens with one attached hydrogen (secondary N) is 2. The molecular formula is C9H9N7. The van der Waals surface area contributed by atoms with Crippen LogP contribution < -0.4 is 0 Å². The minimum Gasteiger partial charge on any atom is -0.258 e. The molecule has 2 aromatic heterocycles. The van der Waals surface area contributed by atoms with Crippen molar-refractivity contribution < 1.29 is 0 Å². The highest BCUT2D eigenvalue weighted by molar-refractivity contribution is 5.74. The fourth-order valence-corrected chi connectivity index (χ4v) is 1.59. The molecule has 7 nitrogen and oxygen atoms in total. The van der Waals surface area contributed by atoms with Gasteiger partial charge in [-0.3, -0.25) is 5.10 Å². The van der Waals surface area contributed by atoms with Crippen molar-refractivity contribution in [1.29, 1.82) is 0 Å². The zero-order chi connectivity index (χ0) is 10.8. The highest BCUT2D eigenvalue weighted by Gasteiger charge is 2.02. The Balaban J connectivity index is 1.78. The van der Waals surface area contributed by atoms with Gasteiger partial charge in [0.15, 0.2) is 5.82 Å². The number of tetrazole rings is 1. The topological polar surface area (TPSA) is 96.0 Å². The molecule has 3 aromatic rings. The van der Waals surface area contributed by atoms with Gasteiger partial charge in [0.2, 0.25) is 0 Å². The van der Waals surface area contributed by atoms with Crippen molar-refractivity contribution in [3.63, 3.8) is 0 Å². The van der Waals surface area contributed by atoms with E-state index in [1.165, 1.54) is 5.56 Å². The van der Waals surface area contributed by atoms with Crippen LogP contribution in [0.1, 0.15) is 11.4 Å². The van der Waals surface area contributed by atoms with Crippen LogP contribution in [0.4, 0.5) is 0 Å². The normalized spacial score (nSPS) is 11.0. The molecule has 0 fully saturated rings. The predicted octanol–water partition coefficient (Wildman–Crippen LogP) is 0.256. The lowest BCUT2D eigenvalue weighted by Gasteiger charge is -1.97. The van der Waals surface area contributed by atoms with Gasteiger partial charge >= 0.3 is 0 Å². The summed E-state index contributed by atoms with van der Waals surface area (Å²) in [7, 11) is 0.